The molecule has 2 fully saturated rings. The van der Waals surface area contributed by atoms with Crippen molar-refractivity contribution in [3.8, 4) is 0 Å². The van der Waals surface area contributed by atoms with E-state index in [1.807, 2.05) is 27.7 Å². The van der Waals surface area contributed by atoms with Crippen LogP contribution in [0.3, 0.4) is 0 Å². The van der Waals surface area contributed by atoms with Crippen LogP contribution in [0.1, 0.15) is 27.7 Å². The smallest absolute Gasteiger partial charge is 0.115 e. The molecule has 2 rings (SSSR count). The molecule has 0 radical (unpaired) electrons. The van der Waals surface area contributed by atoms with Crippen LogP contribution < -0.4 is 0 Å². The predicted molar refractivity (Wildman–Crippen MR) is 59.5 cm³/mol. The van der Waals surface area contributed by atoms with Crippen molar-refractivity contribution >= 4 is 0 Å². The van der Waals surface area contributed by atoms with Crippen molar-refractivity contribution in [3.05, 3.63) is 0 Å². The van der Waals surface area contributed by atoms with Gasteiger partial charge in [0.05, 0.1) is 25.4 Å². The molecular formula is C12H22O4. The Morgan fingerprint density at radius 1 is 0.812 bits per heavy atom. The maximum atomic E-state index is 5.77. The molecule has 0 amide bonds. The molecule has 4 atom stereocenters. The third-order valence-electron chi connectivity index (χ3n) is 2.86. The Morgan fingerprint density at radius 3 is 1.50 bits per heavy atom. The third kappa shape index (κ3) is 2.56. The summed E-state index contributed by atoms with van der Waals surface area (Å²) in [5, 5.41) is 0. The summed E-state index contributed by atoms with van der Waals surface area (Å²) in [6.45, 7) is 9.36. The Kier molecular flexibility index (Phi) is 3.85. The summed E-state index contributed by atoms with van der Waals surface area (Å²) in [7, 11) is 0. The van der Waals surface area contributed by atoms with Crippen LogP contribution in [-0.2, 0) is 18.9 Å². The first-order valence-corrected chi connectivity index (χ1v) is 6.12. The number of fused-ring (bicyclic) bond motifs is 1. The zero-order chi connectivity index (χ0) is 11.7. The van der Waals surface area contributed by atoms with Crippen molar-refractivity contribution in [2.75, 3.05) is 13.2 Å². The zero-order valence-corrected chi connectivity index (χ0v) is 10.5. The first-order chi connectivity index (χ1) is 7.58. The summed E-state index contributed by atoms with van der Waals surface area (Å²) in [5.74, 6) is 0. The standard InChI is InChI=1S/C12H22O4/c1-7(2)15-9-5-13-12-10(16-8(3)4)6-14-11(9)12/h7-12H,5-6H2,1-4H3/t9?,10?,11-,12?/m1/s1. The minimum Gasteiger partial charge on any atom is -0.370 e. The average Bonchev–Trinajstić information content (AvgIpc) is 2.70. The van der Waals surface area contributed by atoms with Crippen LogP contribution in [0.2, 0.25) is 0 Å². The van der Waals surface area contributed by atoms with Gasteiger partial charge in [-0.1, -0.05) is 0 Å². The molecule has 0 aromatic rings. The Balaban J connectivity index is 1.90. The minimum absolute atomic E-state index is 0.0474. The average molecular weight is 230 g/mol. The molecule has 0 N–H and O–H groups in total. The van der Waals surface area contributed by atoms with Crippen molar-refractivity contribution in [3.63, 3.8) is 0 Å². The van der Waals surface area contributed by atoms with E-state index in [2.05, 4.69) is 0 Å². The van der Waals surface area contributed by atoms with Gasteiger partial charge in [-0.3, -0.25) is 0 Å². The van der Waals surface area contributed by atoms with Gasteiger partial charge >= 0.3 is 0 Å². The molecule has 2 aliphatic rings. The fourth-order valence-corrected chi connectivity index (χ4v) is 2.36. The highest BCUT2D eigenvalue weighted by Gasteiger charge is 2.49. The van der Waals surface area contributed by atoms with Crippen LogP contribution in [0.5, 0.6) is 0 Å². The van der Waals surface area contributed by atoms with Gasteiger partial charge in [-0.25, -0.2) is 0 Å². The van der Waals surface area contributed by atoms with Gasteiger partial charge < -0.3 is 18.9 Å². The van der Waals surface area contributed by atoms with E-state index in [1.165, 1.54) is 0 Å². The second kappa shape index (κ2) is 5.00. The molecule has 16 heavy (non-hydrogen) atoms. The summed E-state index contributed by atoms with van der Waals surface area (Å²) < 4.78 is 23.0. The molecular weight excluding hydrogens is 208 g/mol. The van der Waals surface area contributed by atoms with Crippen molar-refractivity contribution in [1.82, 2.24) is 0 Å². The molecule has 94 valence electrons. The summed E-state index contributed by atoms with van der Waals surface area (Å²) in [6.07, 6.45) is 0.635. The van der Waals surface area contributed by atoms with E-state index in [0.29, 0.717) is 13.2 Å². The summed E-state index contributed by atoms with van der Waals surface area (Å²) in [6, 6.07) is 0. The Labute approximate surface area is 97.2 Å². The molecule has 0 saturated carbocycles. The molecule has 0 bridgehead atoms. The van der Waals surface area contributed by atoms with E-state index in [4.69, 9.17) is 18.9 Å². The molecule has 4 nitrogen and oxygen atoms in total. The highest BCUT2D eigenvalue weighted by atomic mass is 16.6. The first kappa shape index (κ1) is 12.3. The minimum atomic E-state index is 0.0474. The van der Waals surface area contributed by atoms with Crippen LogP contribution >= 0.6 is 0 Å². The lowest BCUT2D eigenvalue weighted by Gasteiger charge is -2.19. The number of rotatable bonds is 4. The van der Waals surface area contributed by atoms with Gasteiger partial charge in [0.15, 0.2) is 0 Å². The van der Waals surface area contributed by atoms with Crippen LogP contribution in [0, 0.1) is 0 Å². The highest BCUT2D eigenvalue weighted by Crippen LogP contribution is 2.31. The van der Waals surface area contributed by atoms with Gasteiger partial charge in [-0.15, -0.1) is 0 Å². The fourth-order valence-electron chi connectivity index (χ4n) is 2.36. The predicted octanol–water partition coefficient (Wildman–Crippen LogP) is 1.37. The van der Waals surface area contributed by atoms with Crippen molar-refractivity contribution in [2.24, 2.45) is 0 Å². The fraction of sp³-hybridized carbons (Fsp3) is 1.00. The second-order valence-electron chi connectivity index (χ2n) is 5.04. The summed E-state index contributed by atoms with van der Waals surface area (Å²) >= 11 is 0. The Bertz CT molecular complexity index is 205. The Morgan fingerprint density at radius 2 is 1.19 bits per heavy atom. The number of ether oxygens (including phenoxy) is 4. The molecule has 0 aromatic carbocycles. The van der Waals surface area contributed by atoms with Gasteiger partial charge in [0.1, 0.15) is 24.4 Å². The van der Waals surface area contributed by atoms with E-state index in [-0.39, 0.29) is 36.6 Å². The van der Waals surface area contributed by atoms with Crippen LogP contribution in [-0.4, -0.2) is 49.8 Å². The summed E-state index contributed by atoms with van der Waals surface area (Å²) in [4.78, 5) is 0. The van der Waals surface area contributed by atoms with Gasteiger partial charge in [0.25, 0.3) is 0 Å². The lowest BCUT2D eigenvalue weighted by molar-refractivity contribution is -0.0753. The zero-order valence-electron chi connectivity index (χ0n) is 10.5. The van der Waals surface area contributed by atoms with Crippen LogP contribution in [0.4, 0.5) is 0 Å². The molecule has 2 aliphatic heterocycles. The van der Waals surface area contributed by atoms with Gasteiger partial charge in [-0.05, 0) is 27.7 Å². The SMILES string of the molecule is CC(C)OC1CO[C@@H]2C(OC(C)C)COC12. The van der Waals surface area contributed by atoms with E-state index in [9.17, 15) is 0 Å². The van der Waals surface area contributed by atoms with Crippen molar-refractivity contribution in [2.45, 2.75) is 64.3 Å². The van der Waals surface area contributed by atoms with Crippen LogP contribution in [0.25, 0.3) is 0 Å². The van der Waals surface area contributed by atoms with Gasteiger partial charge in [0, 0.05) is 0 Å². The van der Waals surface area contributed by atoms with E-state index in [0.717, 1.165) is 0 Å². The van der Waals surface area contributed by atoms with E-state index in [1.54, 1.807) is 0 Å². The van der Waals surface area contributed by atoms with Gasteiger partial charge in [0.2, 0.25) is 0 Å². The summed E-state index contributed by atoms with van der Waals surface area (Å²) in [5.41, 5.74) is 0. The molecule has 2 saturated heterocycles. The Hall–Kier alpha value is -0.160. The molecule has 2 heterocycles. The monoisotopic (exact) mass is 230 g/mol. The molecule has 0 aliphatic carbocycles. The quantitative estimate of drug-likeness (QED) is 0.731. The first-order valence-electron chi connectivity index (χ1n) is 6.12. The van der Waals surface area contributed by atoms with E-state index >= 15 is 0 Å². The highest BCUT2D eigenvalue weighted by molar-refractivity contribution is 4.96. The second-order valence-corrected chi connectivity index (χ2v) is 5.04. The number of hydrogen-bond donors (Lipinski definition) is 0. The maximum Gasteiger partial charge on any atom is 0.115 e. The topological polar surface area (TPSA) is 36.9 Å². The lowest BCUT2D eigenvalue weighted by Crippen LogP contribution is -2.35. The maximum absolute atomic E-state index is 5.77. The van der Waals surface area contributed by atoms with E-state index < -0.39 is 0 Å². The van der Waals surface area contributed by atoms with Crippen LogP contribution in [0.15, 0.2) is 0 Å². The van der Waals surface area contributed by atoms with Gasteiger partial charge in [-0.2, -0.15) is 0 Å². The molecule has 3 unspecified atom stereocenters. The molecule has 4 heteroatoms. The molecule has 0 aromatic heterocycles. The number of hydrogen-bond acceptors (Lipinski definition) is 4. The molecule has 0 spiro atoms. The third-order valence-corrected chi connectivity index (χ3v) is 2.86. The van der Waals surface area contributed by atoms with Crippen molar-refractivity contribution in [1.29, 1.82) is 0 Å². The normalized spacial score (nSPS) is 38.6. The largest absolute Gasteiger partial charge is 0.370 e. The lowest BCUT2D eigenvalue weighted by atomic mass is 10.1. The van der Waals surface area contributed by atoms with Crippen molar-refractivity contribution < 1.29 is 18.9 Å².